The molecule has 0 bridgehead atoms. The van der Waals surface area contributed by atoms with Crippen molar-refractivity contribution in [3.63, 3.8) is 0 Å². The Morgan fingerprint density at radius 3 is 2.04 bits per heavy atom. The summed E-state index contributed by atoms with van der Waals surface area (Å²) in [5.74, 6) is -4.33. The van der Waals surface area contributed by atoms with E-state index in [4.69, 9.17) is 4.74 Å². The second kappa shape index (κ2) is 9.94. The lowest BCUT2D eigenvalue weighted by Crippen LogP contribution is -2.47. The molecule has 7 heteroatoms. The molecule has 1 rings (SSSR count). The van der Waals surface area contributed by atoms with Crippen LogP contribution in [0.2, 0.25) is 0 Å². The van der Waals surface area contributed by atoms with Crippen molar-refractivity contribution in [1.29, 1.82) is 0 Å². The van der Waals surface area contributed by atoms with Gasteiger partial charge in [0.1, 0.15) is 18.0 Å². The molecule has 0 spiro atoms. The first-order valence-corrected chi connectivity index (χ1v) is 9.86. The van der Waals surface area contributed by atoms with Gasteiger partial charge in [0.05, 0.1) is 12.2 Å². The minimum absolute atomic E-state index is 0.136. The number of cyclic esters (lactones) is 1. The van der Waals surface area contributed by atoms with Crippen molar-refractivity contribution < 1.29 is 34.0 Å². The van der Waals surface area contributed by atoms with E-state index in [9.17, 15) is 29.3 Å². The topological polar surface area (TPSA) is 104 Å². The third-order valence-corrected chi connectivity index (χ3v) is 6.15. The summed E-state index contributed by atoms with van der Waals surface area (Å²) >= 11 is 0. The van der Waals surface area contributed by atoms with Crippen LogP contribution in [0.1, 0.15) is 54.4 Å². The zero-order valence-electron chi connectivity index (χ0n) is 17.1. The van der Waals surface area contributed by atoms with Gasteiger partial charge in [0.25, 0.3) is 0 Å². The Labute approximate surface area is 161 Å². The van der Waals surface area contributed by atoms with Crippen LogP contribution in [0.4, 0.5) is 4.39 Å². The molecule has 0 radical (unpaired) electrons. The van der Waals surface area contributed by atoms with Crippen LogP contribution in [-0.2, 0) is 14.3 Å². The Hall–Kier alpha value is -1.05. The van der Waals surface area contributed by atoms with E-state index in [1.54, 1.807) is 34.6 Å². The molecule has 0 aromatic rings. The fourth-order valence-electron chi connectivity index (χ4n) is 4.01. The summed E-state index contributed by atoms with van der Waals surface area (Å²) in [6.45, 7) is 9.94. The molecule has 158 valence electrons. The van der Waals surface area contributed by atoms with Crippen molar-refractivity contribution in [2.24, 2.45) is 29.6 Å². The maximum atomic E-state index is 14.5. The number of carbonyl (C=O) groups excluding carboxylic acids is 2. The Morgan fingerprint density at radius 1 is 0.963 bits per heavy atom. The minimum Gasteiger partial charge on any atom is -0.460 e. The number of halogens is 1. The predicted molar refractivity (Wildman–Crippen MR) is 98.5 cm³/mol. The average molecular weight is 390 g/mol. The van der Waals surface area contributed by atoms with E-state index in [1.807, 2.05) is 0 Å². The van der Waals surface area contributed by atoms with E-state index in [2.05, 4.69) is 0 Å². The van der Waals surface area contributed by atoms with Crippen molar-refractivity contribution in [2.45, 2.75) is 85.0 Å². The highest BCUT2D eigenvalue weighted by molar-refractivity contribution is 5.83. The van der Waals surface area contributed by atoms with Crippen LogP contribution in [0.3, 0.4) is 0 Å². The van der Waals surface area contributed by atoms with Crippen molar-refractivity contribution in [3.8, 4) is 0 Å². The number of hydrogen-bond donors (Lipinski definition) is 3. The Morgan fingerprint density at radius 2 is 1.52 bits per heavy atom. The molecule has 1 aliphatic rings. The quantitative estimate of drug-likeness (QED) is 0.591. The van der Waals surface area contributed by atoms with E-state index in [0.717, 1.165) is 0 Å². The highest BCUT2D eigenvalue weighted by Gasteiger charge is 2.41. The Bertz CT molecular complexity index is 513. The zero-order valence-corrected chi connectivity index (χ0v) is 17.1. The summed E-state index contributed by atoms with van der Waals surface area (Å²) in [4.78, 5) is 24.9. The molecular formula is C20H35FO6. The highest BCUT2D eigenvalue weighted by Crippen LogP contribution is 2.30. The third kappa shape index (κ3) is 5.48. The number of aliphatic hydroxyl groups excluding tert-OH is 3. The predicted octanol–water partition coefficient (Wildman–Crippen LogP) is 1.88. The molecule has 1 unspecified atom stereocenters. The highest BCUT2D eigenvalue weighted by atomic mass is 19.1. The van der Waals surface area contributed by atoms with E-state index < -0.39 is 66.1 Å². The second-order valence-corrected chi connectivity index (χ2v) is 8.28. The van der Waals surface area contributed by atoms with E-state index in [0.29, 0.717) is 12.8 Å². The van der Waals surface area contributed by atoms with Crippen LogP contribution in [-0.4, -0.2) is 57.7 Å². The first-order chi connectivity index (χ1) is 12.4. The lowest BCUT2D eigenvalue weighted by Gasteiger charge is -2.35. The smallest absolute Gasteiger partial charge is 0.343 e. The summed E-state index contributed by atoms with van der Waals surface area (Å²) in [7, 11) is 0. The monoisotopic (exact) mass is 390 g/mol. The van der Waals surface area contributed by atoms with Crippen LogP contribution in [0.25, 0.3) is 0 Å². The van der Waals surface area contributed by atoms with Gasteiger partial charge >= 0.3 is 5.97 Å². The molecule has 0 saturated carbocycles. The largest absolute Gasteiger partial charge is 0.460 e. The van der Waals surface area contributed by atoms with Gasteiger partial charge in [0.15, 0.2) is 0 Å². The van der Waals surface area contributed by atoms with Crippen LogP contribution >= 0.6 is 0 Å². The summed E-state index contributed by atoms with van der Waals surface area (Å²) in [6, 6.07) is 0. The van der Waals surface area contributed by atoms with Gasteiger partial charge in [-0.1, -0.05) is 41.5 Å². The van der Waals surface area contributed by atoms with Gasteiger partial charge in [-0.15, -0.1) is 0 Å². The number of Topliss-reactive ketones (excluding diaryl/α,β-unsaturated/α-hetero) is 1. The maximum Gasteiger partial charge on any atom is 0.343 e. The lowest BCUT2D eigenvalue weighted by atomic mass is 9.78. The normalized spacial score (nSPS) is 45.9. The Kier molecular flexibility index (Phi) is 8.83. The molecule has 1 heterocycles. The summed E-state index contributed by atoms with van der Waals surface area (Å²) < 4.78 is 19.7. The van der Waals surface area contributed by atoms with E-state index in [-0.39, 0.29) is 5.78 Å². The molecule has 1 aliphatic heterocycles. The van der Waals surface area contributed by atoms with Crippen molar-refractivity contribution in [2.75, 3.05) is 0 Å². The average Bonchev–Trinajstić information content (AvgIpc) is 2.66. The number of esters is 1. The van der Waals surface area contributed by atoms with Crippen LogP contribution in [0, 0.1) is 29.6 Å². The Balaban J connectivity index is 3.23. The first kappa shape index (κ1) is 24.0. The number of rotatable bonds is 1. The molecule has 0 aliphatic carbocycles. The van der Waals surface area contributed by atoms with Crippen molar-refractivity contribution in [1.82, 2.24) is 0 Å². The molecule has 3 N–H and O–H groups in total. The van der Waals surface area contributed by atoms with Gasteiger partial charge in [-0.25, -0.2) is 9.18 Å². The number of hydrogen-bond acceptors (Lipinski definition) is 6. The molecular weight excluding hydrogens is 355 g/mol. The number of ketones is 1. The molecule has 1 saturated heterocycles. The summed E-state index contributed by atoms with van der Waals surface area (Å²) in [6.07, 6.45) is -6.28. The van der Waals surface area contributed by atoms with Crippen LogP contribution < -0.4 is 0 Å². The van der Waals surface area contributed by atoms with Gasteiger partial charge < -0.3 is 20.1 Å². The van der Waals surface area contributed by atoms with E-state index >= 15 is 0 Å². The number of alkyl halides is 1. The fourth-order valence-corrected chi connectivity index (χ4v) is 4.01. The lowest BCUT2D eigenvalue weighted by molar-refractivity contribution is -0.169. The van der Waals surface area contributed by atoms with Gasteiger partial charge in [-0.05, 0) is 18.8 Å². The molecule has 1 fully saturated rings. The molecule has 0 amide bonds. The van der Waals surface area contributed by atoms with Crippen LogP contribution in [0.5, 0.6) is 0 Å². The first-order valence-electron chi connectivity index (χ1n) is 9.86. The zero-order chi connectivity index (χ0) is 21.0. The van der Waals surface area contributed by atoms with Gasteiger partial charge in [-0.3, -0.25) is 4.79 Å². The standard InChI is InChI=1S/C20H35FO6/c1-7-14-11(4)18(24)12(5)16(22)9(2)8-10(3)17(23)13(6)19(25)15(21)20(26)27-14/h9-15,17-19,23-25H,7-8H2,1-6H3/t9-,10+,11+,12+,13-,14-,15?,17+,18+,19+/m1/s1. The minimum atomic E-state index is -2.29. The van der Waals surface area contributed by atoms with Crippen molar-refractivity contribution in [3.05, 3.63) is 0 Å². The second-order valence-electron chi connectivity index (χ2n) is 8.28. The van der Waals surface area contributed by atoms with Gasteiger partial charge in [0, 0.05) is 23.7 Å². The summed E-state index contributed by atoms with van der Waals surface area (Å²) in [5.41, 5.74) is 0. The number of ether oxygens (including phenoxy) is 1. The molecule has 0 aromatic carbocycles. The fraction of sp³-hybridized carbons (Fsp3) is 0.900. The molecule has 27 heavy (non-hydrogen) atoms. The SMILES string of the molecule is CC[C@H]1OC(=O)C(F)[C@@H](O)[C@H](C)[C@@H](O)[C@@H](C)C[C@@H](C)C(=O)[C@H](C)[C@@H](O)[C@H]1C. The maximum absolute atomic E-state index is 14.5. The molecule has 10 atom stereocenters. The van der Waals surface area contributed by atoms with Gasteiger partial charge in [-0.2, -0.15) is 0 Å². The third-order valence-electron chi connectivity index (χ3n) is 6.15. The summed E-state index contributed by atoms with van der Waals surface area (Å²) in [5, 5.41) is 31.3. The number of aliphatic hydroxyl groups is 3. The molecule has 0 aromatic heterocycles. The van der Waals surface area contributed by atoms with Crippen LogP contribution in [0.15, 0.2) is 0 Å². The number of carbonyl (C=O) groups is 2. The van der Waals surface area contributed by atoms with Gasteiger partial charge in [0.2, 0.25) is 6.17 Å². The van der Waals surface area contributed by atoms with E-state index in [1.165, 1.54) is 6.92 Å². The molecule has 6 nitrogen and oxygen atoms in total. The van der Waals surface area contributed by atoms with Crippen molar-refractivity contribution >= 4 is 11.8 Å².